The largest absolute Gasteiger partial charge is 0.330 e. The van der Waals surface area contributed by atoms with Gasteiger partial charge in [0.1, 0.15) is 0 Å². The molecular formula is C13H18BrNS. The Bertz CT molecular complexity index is 342. The van der Waals surface area contributed by atoms with Crippen molar-refractivity contribution in [3.63, 3.8) is 0 Å². The lowest BCUT2D eigenvalue weighted by Crippen LogP contribution is -2.28. The number of hydrogen-bond donors (Lipinski definition) is 1. The van der Waals surface area contributed by atoms with Crippen molar-refractivity contribution in [1.29, 1.82) is 0 Å². The van der Waals surface area contributed by atoms with Crippen LogP contribution in [0.25, 0.3) is 0 Å². The number of hydrogen-bond acceptors (Lipinski definition) is 2. The Morgan fingerprint density at radius 2 is 2.12 bits per heavy atom. The summed E-state index contributed by atoms with van der Waals surface area (Å²) in [6.07, 6.45) is 5.35. The van der Waals surface area contributed by atoms with Crippen LogP contribution in [0.2, 0.25) is 0 Å². The molecule has 0 spiro atoms. The van der Waals surface area contributed by atoms with Gasteiger partial charge in [0.2, 0.25) is 0 Å². The normalized spacial score (nSPS) is 25.6. The lowest BCUT2D eigenvalue weighted by atomic mass is 9.89. The predicted octanol–water partition coefficient (Wildman–Crippen LogP) is 4.06. The molecule has 1 aliphatic carbocycles. The fourth-order valence-corrected chi connectivity index (χ4v) is 4.29. The summed E-state index contributed by atoms with van der Waals surface area (Å²) in [5, 5.41) is 0.716. The lowest BCUT2D eigenvalue weighted by molar-refractivity contribution is 0.378. The van der Waals surface area contributed by atoms with Gasteiger partial charge in [-0.3, -0.25) is 0 Å². The molecule has 1 aliphatic rings. The maximum absolute atomic E-state index is 5.85. The van der Waals surface area contributed by atoms with Crippen molar-refractivity contribution in [2.45, 2.75) is 35.8 Å². The van der Waals surface area contributed by atoms with Crippen LogP contribution < -0.4 is 5.73 Å². The first-order valence-electron chi connectivity index (χ1n) is 5.92. The molecule has 0 saturated heterocycles. The van der Waals surface area contributed by atoms with Crippen molar-refractivity contribution in [1.82, 2.24) is 0 Å². The first-order valence-corrected chi connectivity index (χ1v) is 7.59. The van der Waals surface area contributed by atoms with Crippen LogP contribution in [0.1, 0.15) is 25.7 Å². The minimum Gasteiger partial charge on any atom is -0.330 e. The standard InChI is InChI=1S/C13H18BrNS/c14-11-5-3-6-12(8-11)16-13-7-2-1-4-10(13)9-15/h3,5-6,8,10,13H,1-2,4,7,9,15H2. The zero-order valence-corrected chi connectivity index (χ0v) is 11.8. The van der Waals surface area contributed by atoms with Gasteiger partial charge in [-0.05, 0) is 43.5 Å². The van der Waals surface area contributed by atoms with Crippen molar-refractivity contribution in [3.05, 3.63) is 28.7 Å². The number of benzene rings is 1. The molecule has 2 unspecified atom stereocenters. The molecule has 0 heterocycles. The summed E-state index contributed by atoms with van der Waals surface area (Å²) in [6.45, 7) is 0.839. The van der Waals surface area contributed by atoms with Gasteiger partial charge in [0, 0.05) is 14.6 Å². The van der Waals surface area contributed by atoms with E-state index in [0.717, 1.165) is 11.0 Å². The fourth-order valence-electron chi connectivity index (χ4n) is 2.31. The molecule has 1 aromatic carbocycles. The van der Waals surface area contributed by atoms with E-state index in [4.69, 9.17) is 5.73 Å². The maximum atomic E-state index is 5.85. The third-order valence-corrected chi connectivity index (χ3v) is 5.17. The second-order valence-electron chi connectivity index (χ2n) is 4.39. The van der Waals surface area contributed by atoms with Gasteiger partial charge >= 0.3 is 0 Å². The Morgan fingerprint density at radius 3 is 2.88 bits per heavy atom. The first-order chi connectivity index (χ1) is 7.79. The molecule has 1 saturated carbocycles. The smallest absolute Gasteiger partial charge is 0.0186 e. The molecule has 2 N–H and O–H groups in total. The Hall–Kier alpha value is 0.01000. The number of halogens is 1. The van der Waals surface area contributed by atoms with Crippen molar-refractivity contribution in [2.24, 2.45) is 11.7 Å². The summed E-state index contributed by atoms with van der Waals surface area (Å²) in [5.41, 5.74) is 5.85. The van der Waals surface area contributed by atoms with Gasteiger partial charge in [-0.2, -0.15) is 0 Å². The van der Waals surface area contributed by atoms with Crippen LogP contribution in [0.15, 0.2) is 33.6 Å². The lowest BCUT2D eigenvalue weighted by Gasteiger charge is -2.30. The van der Waals surface area contributed by atoms with E-state index < -0.39 is 0 Å². The number of thioether (sulfide) groups is 1. The van der Waals surface area contributed by atoms with Gasteiger partial charge < -0.3 is 5.73 Å². The molecule has 1 fully saturated rings. The average molecular weight is 300 g/mol. The summed E-state index contributed by atoms with van der Waals surface area (Å²) in [4.78, 5) is 1.36. The summed E-state index contributed by atoms with van der Waals surface area (Å²) < 4.78 is 1.16. The molecule has 0 bridgehead atoms. The van der Waals surface area contributed by atoms with Crippen LogP contribution in [0, 0.1) is 5.92 Å². The molecule has 0 aliphatic heterocycles. The topological polar surface area (TPSA) is 26.0 Å². The van der Waals surface area contributed by atoms with Crippen molar-refractivity contribution >= 4 is 27.7 Å². The molecular weight excluding hydrogens is 282 g/mol. The molecule has 88 valence electrons. The van der Waals surface area contributed by atoms with Gasteiger partial charge in [0.15, 0.2) is 0 Å². The van der Waals surface area contributed by atoms with E-state index in [1.165, 1.54) is 30.6 Å². The van der Waals surface area contributed by atoms with Gasteiger partial charge in [0.05, 0.1) is 0 Å². The third-order valence-electron chi connectivity index (χ3n) is 3.23. The van der Waals surface area contributed by atoms with Gasteiger partial charge in [-0.1, -0.05) is 34.8 Å². The summed E-state index contributed by atoms with van der Waals surface area (Å²) in [6, 6.07) is 8.57. The second kappa shape index (κ2) is 6.08. The van der Waals surface area contributed by atoms with E-state index in [1.54, 1.807) is 0 Å². The van der Waals surface area contributed by atoms with Gasteiger partial charge in [0.25, 0.3) is 0 Å². The van der Waals surface area contributed by atoms with E-state index in [0.29, 0.717) is 11.2 Å². The van der Waals surface area contributed by atoms with Gasteiger partial charge in [-0.15, -0.1) is 11.8 Å². The van der Waals surface area contributed by atoms with Crippen LogP contribution in [-0.2, 0) is 0 Å². The molecule has 2 atom stereocenters. The second-order valence-corrected chi connectivity index (χ2v) is 6.62. The molecule has 1 aromatic rings. The highest BCUT2D eigenvalue weighted by atomic mass is 79.9. The zero-order valence-electron chi connectivity index (χ0n) is 9.36. The minimum absolute atomic E-state index is 0.706. The minimum atomic E-state index is 0.706. The van der Waals surface area contributed by atoms with E-state index in [9.17, 15) is 0 Å². The van der Waals surface area contributed by atoms with Crippen LogP contribution in [0.4, 0.5) is 0 Å². The Morgan fingerprint density at radius 1 is 1.31 bits per heavy atom. The highest BCUT2D eigenvalue weighted by Gasteiger charge is 2.24. The Balaban J connectivity index is 2.02. The molecule has 3 heteroatoms. The van der Waals surface area contributed by atoms with Crippen LogP contribution in [0.5, 0.6) is 0 Å². The molecule has 0 aromatic heterocycles. The molecule has 2 rings (SSSR count). The third kappa shape index (κ3) is 3.25. The highest BCUT2D eigenvalue weighted by Crippen LogP contribution is 2.37. The monoisotopic (exact) mass is 299 g/mol. The SMILES string of the molecule is NCC1CCCCC1Sc1cccc(Br)c1. The number of nitrogens with two attached hydrogens (primary N) is 1. The highest BCUT2D eigenvalue weighted by molar-refractivity contribution is 9.10. The van der Waals surface area contributed by atoms with Crippen molar-refractivity contribution < 1.29 is 0 Å². The summed E-state index contributed by atoms with van der Waals surface area (Å²) in [7, 11) is 0. The first kappa shape index (κ1) is 12.5. The maximum Gasteiger partial charge on any atom is 0.0186 e. The molecule has 16 heavy (non-hydrogen) atoms. The van der Waals surface area contributed by atoms with Gasteiger partial charge in [-0.25, -0.2) is 0 Å². The van der Waals surface area contributed by atoms with E-state index in [2.05, 4.69) is 40.2 Å². The zero-order chi connectivity index (χ0) is 11.4. The van der Waals surface area contributed by atoms with Crippen LogP contribution >= 0.6 is 27.7 Å². The Labute approximate surface area is 110 Å². The fraction of sp³-hybridized carbons (Fsp3) is 0.538. The van der Waals surface area contributed by atoms with Crippen molar-refractivity contribution in [3.8, 4) is 0 Å². The summed E-state index contributed by atoms with van der Waals surface area (Å²) >= 11 is 5.52. The number of rotatable bonds is 3. The average Bonchev–Trinajstić information content (AvgIpc) is 2.30. The molecule has 0 amide bonds. The summed E-state index contributed by atoms with van der Waals surface area (Å²) in [5.74, 6) is 0.706. The van der Waals surface area contributed by atoms with Crippen LogP contribution in [-0.4, -0.2) is 11.8 Å². The van der Waals surface area contributed by atoms with E-state index in [-0.39, 0.29) is 0 Å². The quantitative estimate of drug-likeness (QED) is 0.911. The van der Waals surface area contributed by atoms with Crippen LogP contribution in [0.3, 0.4) is 0 Å². The van der Waals surface area contributed by atoms with E-state index in [1.807, 2.05) is 11.8 Å². The molecule has 1 nitrogen and oxygen atoms in total. The van der Waals surface area contributed by atoms with Crippen molar-refractivity contribution in [2.75, 3.05) is 6.54 Å². The van der Waals surface area contributed by atoms with E-state index >= 15 is 0 Å². The predicted molar refractivity (Wildman–Crippen MR) is 74.8 cm³/mol. The Kier molecular flexibility index (Phi) is 4.74. The molecule has 0 radical (unpaired) electrons.